The quantitative estimate of drug-likeness (QED) is 0.595. The molecule has 6 heteroatoms. The van der Waals surface area contributed by atoms with Crippen molar-refractivity contribution in [2.24, 2.45) is 4.99 Å². The van der Waals surface area contributed by atoms with Crippen molar-refractivity contribution in [3.63, 3.8) is 0 Å². The van der Waals surface area contributed by atoms with Crippen LogP contribution in [0.1, 0.15) is 28.8 Å². The third-order valence-corrected chi connectivity index (χ3v) is 6.35. The molecule has 26 heavy (non-hydrogen) atoms. The molecular formula is C20H26ClN3OS. The number of nitrogens with zero attached hydrogens (tertiary/aromatic N) is 1. The fourth-order valence-electron chi connectivity index (χ4n) is 3.37. The third kappa shape index (κ3) is 4.58. The molecule has 0 unspecified atom stereocenters. The lowest BCUT2D eigenvalue weighted by Gasteiger charge is -2.38. The van der Waals surface area contributed by atoms with Crippen LogP contribution in [0.5, 0.6) is 0 Å². The summed E-state index contributed by atoms with van der Waals surface area (Å²) in [6.45, 7) is 5.28. The van der Waals surface area contributed by atoms with Gasteiger partial charge in [0.15, 0.2) is 5.96 Å². The summed E-state index contributed by atoms with van der Waals surface area (Å²) in [5.41, 5.74) is 2.60. The molecule has 1 aliphatic heterocycles. The number of guanidine groups is 1. The molecule has 0 bridgehead atoms. The first-order valence-corrected chi connectivity index (χ1v) is 10.2. The number of hydrogen-bond donors (Lipinski definition) is 2. The smallest absolute Gasteiger partial charge is 0.191 e. The SMILES string of the molecule is CN=C(NCc1sccc1C)NCC1(c2cccc(Cl)c2)CCOCC1. The fraction of sp³-hybridized carbons (Fsp3) is 0.450. The van der Waals surface area contributed by atoms with Crippen molar-refractivity contribution in [3.05, 3.63) is 56.7 Å². The normalized spacial score (nSPS) is 17.1. The minimum atomic E-state index is 0.0135. The van der Waals surface area contributed by atoms with E-state index in [1.54, 1.807) is 11.3 Å². The molecule has 0 radical (unpaired) electrons. The Morgan fingerprint density at radius 3 is 2.73 bits per heavy atom. The van der Waals surface area contributed by atoms with Crippen LogP contribution in [0.4, 0.5) is 0 Å². The molecule has 0 atom stereocenters. The summed E-state index contributed by atoms with van der Waals surface area (Å²) in [7, 11) is 1.81. The third-order valence-electron chi connectivity index (χ3n) is 5.09. The summed E-state index contributed by atoms with van der Waals surface area (Å²) >= 11 is 8.02. The minimum absolute atomic E-state index is 0.0135. The van der Waals surface area contributed by atoms with Gasteiger partial charge in [-0.2, -0.15) is 0 Å². The van der Waals surface area contributed by atoms with E-state index in [-0.39, 0.29) is 5.41 Å². The van der Waals surface area contributed by atoms with E-state index in [1.165, 1.54) is 16.0 Å². The van der Waals surface area contributed by atoms with Crippen molar-refractivity contribution in [2.45, 2.75) is 31.7 Å². The van der Waals surface area contributed by atoms with Crippen molar-refractivity contribution in [1.82, 2.24) is 10.6 Å². The molecule has 2 N–H and O–H groups in total. The number of ether oxygens (including phenoxy) is 1. The monoisotopic (exact) mass is 391 g/mol. The van der Waals surface area contributed by atoms with Crippen LogP contribution in [-0.4, -0.2) is 32.8 Å². The summed E-state index contributed by atoms with van der Waals surface area (Å²) in [5, 5.41) is 9.85. The number of hydrogen-bond acceptors (Lipinski definition) is 3. The minimum Gasteiger partial charge on any atom is -0.381 e. The highest BCUT2D eigenvalue weighted by Gasteiger charge is 2.34. The van der Waals surface area contributed by atoms with Gasteiger partial charge in [-0.25, -0.2) is 0 Å². The highest BCUT2D eigenvalue weighted by atomic mass is 35.5. The van der Waals surface area contributed by atoms with Gasteiger partial charge in [0.1, 0.15) is 0 Å². The average molecular weight is 392 g/mol. The zero-order valence-electron chi connectivity index (χ0n) is 15.3. The van der Waals surface area contributed by atoms with Gasteiger partial charge in [0.2, 0.25) is 0 Å². The molecule has 1 aliphatic rings. The van der Waals surface area contributed by atoms with Gasteiger partial charge in [-0.1, -0.05) is 23.7 Å². The summed E-state index contributed by atoms with van der Waals surface area (Å²) in [5.74, 6) is 0.825. The average Bonchev–Trinajstić information content (AvgIpc) is 3.07. The van der Waals surface area contributed by atoms with Crippen molar-refractivity contribution in [2.75, 3.05) is 26.8 Å². The number of aliphatic imine (C=N–C) groups is 1. The molecule has 3 rings (SSSR count). The van der Waals surface area contributed by atoms with Gasteiger partial charge in [0.25, 0.3) is 0 Å². The summed E-state index contributed by atoms with van der Waals surface area (Å²) in [6, 6.07) is 10.4. The Labute approximate surface area is 164 Å². The van der Waals surface area contributed by atoms with Gasteiger partial charge in [0, 0.05) is 42.1 Å². The molecule has 0 spiro atoms. The summed E-state index contributed by atoms with van der Waals surface area (Å²) < 4.78 is 5.61. The van der Waals surface area contributed by atoms with Crippen molar-refractivity contribution in [1.29, 1.82) is 0 Å². The van der Waals surface area contributed by atoms with Gasteiger partial charge in [0.05, 0.1) is 6.54 Å². The van der Waals surface area contributed by atoms with Crippen molar-refractivity contribution >= 4 is 28.9 Å². The van der Waals surface area contributed by atoms with Gasteiger partial charge < -0.3 is 15.4 Å². The van der Waals surface area contributed by atoms with E-state index in [0.717, 1.165) is 50.1 Å². The van der Waals surface area contributed by atoms with Crippen LogP contribution >= 0.6 is 22.9 Å². The van der Waals surface area contributed by atoms with Crippen LogP contribution in [0.3, 0.4) is 0 Å². The number of halogens is 1. The van der Waals surface area contributed by atoms with Gasteiger partial charge in [-0.05, 0) is 54.5 Å². The second-order valence-electron chi connectivity index (χ2n) is 6.71. The molecule has 0 aliphatic carbocycles. The lowest BCUT2D eigenvalue weighted by molar-refractivity contribution is 0.0514. The van der Waals surface area contributed by atoms with E-state index in [0.29, 0.717) is 0 Å². The highest BCUT2D eigenvalue weighted by Crippen LogP contribution is 2.35. The van der Waals surface area contributed by atoms with E-state index in [9.17, 15) is 0 Å². The predicted molar refractivity (Wildman–Crippen MR) is 110 cm³/mol. The van der Waals surface area contributed by atoms with E-state index < -0.39 is 0 Å². The second-order valence-corrected chi connectivity index (χ2v) is 8.15. The molecule has 1 aromatic heterocycles. The van der Waals surface area contributed by atoms with Gasteiger partial charge >= 0.3 is 0 Å². The van der Waals surface area contributed by atoms with E-state index in [2.05, 4.69) is 46.1 Å². The zero-order valence-corrected chi connectivity index (χ0v) is 16.9. The molecule has 1 aromatic carbocycles. The first-order chi connectivity index (χ1) is 12.6. The van der Waals surface area contributed by atoms with Crippen LogP contribution in [0, 0.1) is 6.92 Å². The topological polar surface area (TPSA) is 45.7 Å². The van der Waals surface area contributed by atoms with Crippen molar-refractivity contribution < 1.29 is 4.74 Å². The Balaban J connectivity index is 1.68. The summed E-state index contributed by atoms with van der Waals surface area (Å²) in [6.07, 6.45) is 1.95. The Kier molecular flexibility index (Phi) is 6.57. The van der Waals surface area contributed by atoms with Crippen LogP contribution < -0.4 is 10.6 Å². The molecular weight excluding hydrogens is 366 g/mol. The maximum atomic E-state index is 6.25. The Morgan fingerprint density at radius 2 is 2.08 bits per heavy atom. The first-order valence-electron chi connectivity index (χ1n) is 8.94. The standard InChI is InChI=1S/C20H26ClN3OS/c1-15-6-11-26-18(15)13-23-19(22-2)24-14-20(7-9-25-10-8-20)16-4-3-5-17(21)12-16/h3-6,11-12H,7-10,13-14H2,1-2H3,(H2,22,23,24). The molecule has 1 fully saturated rings. The molecule has 1 saturated heterocycles. The lowest BCUT2D eigenvalue weighted by Crippen LogP contribution is -2.47. The summed E-state index contributed by atoms with van der Waals surface area (Å²) in [4.78, 5) is 5.72. The van der Waals surface area contributed by atoms with Crippen LogP contribution in [0.25, 0.3) is 0 Å². The molecule has 2 aromatic rings. The molecule has 2 heterocycles. The van der Waals surface area contributed by atoms with Gasteiger partial charge in [-0.15, -0.1) is 11.3 Å². The number of thiophene rings is 1. The highest BCUT2D eigenvalue weighted by molar-refractivity contribution is 7.10. The molecule has 140 valence electrons. The predicted octanol–water partition coefficient (Wildman–Crippen LogP) is 4.12. The number of benzene rings is 1. The van der Waals surface area contributed by atoms with E-state index in [4.69, 9.17) is 16.3 Å². The van der Waals surface area contributed by atoms with E-state index >= 15 is 0 Å². The zero-order chi connectivity index (χ0) is 18.4. The van der Waals surface area contributed by atoms with E-state index in [1.807, 2.05) is 19.2 Å². The van der Waals surface area contributed by atoms with Crippen molar-refractivity contribution in [3.8, 4) is 0 Å². The number of aryl methyl sites for hydroxylation is 1. The van der Waals surface area contributed by atoms with Crippen LogP contribution in [0.2, 0.25) is 5.02 Å². The Morgan fingerprint density at radius 1 is 1.27 bits per heavy atom. The maximum absolute atomic E-state index is 6.25. The lowest BCUT2D eigenvalue weighted by atomic mass is 9.74. The van der Waals surface area contributed by atoms with Gasteiger partial charge in [-0.3, -0.25) is 4.99 Å². The second kappa shape index (κ2) is 8.89. The fourth-order valence-corrected chi connectivity index (χ4v) is 4.41. The molecule has 4 nitrogen and oxygen atoms in total. The molecule has 0 amide bonds. The molecule has 0 saturated carbocycles. The first kappa shape index (κ1) is 19.2. The number of rotatable bonds is 5. The maximum Gasteiger partial charge on any atom is 0.191 e. The Bertz CT molecular complexity index is 753. The largest absolute Gasteiger partial charge is 0.381 e. The number of nitrogens with one attached hydrogen (secondary N) is 2. The van der Waals surface area contributed by atoms with Crippen LogP contribution in [0.15, 0.2) is 40.7 Å². The Hall–Kier alpha value is -1.56. The van der Waals surface area contributed by atoms with Crippen LogP contribution in [-0.2, 0) is 16.7 Å².